The molecule has 1 aliphatic carbocycles. The number of hydrogen-bond donors (Lipinski definition) is 2. The van der Waals surface area contributed by atoms with E-state index in [2.05, 4.69) is 25.3 Å². The Hall–Kier alpha value is -3.65. The van der Waals surface area contributed by atoms with Crippen molar-refractivity contribution in [3.8, 4) is 0 Å². The second-order valence-electron chi connectivity index (χ2n) is 10.1. The Morgan fingerprint density at radius 2 is 1.77 bits per heavy atom. The maximum Gasteiger partial charge on any atom is 0.294 e. The van der Waals surface area contributed by atoms with Gasteiger partial charge in [0.15, 0.2) is 0 Å². The molecule has 14 heteroatoms. The lowest BCUT2D eigenvalue weighted by molar-refractivity contribution is -0.138. The second-order valence-corrected chi connectivity index (χ2v) is 11.5. The highest BCUT2D eigenvalue weighted by atomic mass is 32.2. The van der Waals surface area contributed by atoms with Crippen LogP contribution < -0.4 is 10.2 Å². The van der Waals surface area contributed by atoms with Crippen LogP contribution in [0.1, 0.15) is 24.8 Å². The van der Waals surface area contributed by atoms with Crippen LogP contribution in [-0.2, 0) is 22.0 Å². The highest BCUT2D eigenvalue weighted by molar-refractivity contribution is 7.85. The molecule has 3 atom stereocenters. The van der Waals surface area contributed by atoms with Gasteiger partial charge in [0, 0.05) is 51.0 Å². The monoisotopic (exact) mass is 561 g/mol. The number of carbonyl (C=O) groups is 1. The summed E-state index contributed by atoms with van der Waals surface area (Å²) in [6.45, 7) is 3.04. The van der Waals surface area contributed by atoms with Crippen LogP contribution in [0.4, 0.5) is 26.2 Å². The molecule has 2 aliphatic heterocycles. The van der Waals surface area contributed by atoms with Crippen LogP contribution in [0, 0.1) is 12.8 Å². The van der Waals surface area contributed by atoms with Gasteiger partial charge >= 0.3 is 0 Å². The lowest BCUT2D eigenvalue weighted by Gasteiger charge is -2.41. The van der Waals surface area contributed by atoms with Crippen LogP contribution in [-0.4, -0.2) is 74.6 Å². The summed E-state index contributed by atoms with van der Waals surface area (Å²) in [5.74, 6) is -3.07. The number of carbonyl (C=O) groups excluding carboxylic acids is 1. The van der Waals surface area contributed by atoms with Gasteiger partial charge in [0.1, 0.15) is 11.7 Å². The lowest BCUT2D eigenvalue weighted by Crippen LogP contribution is -2.56. The lowest BCUT2D eigenvalue weighted by atomic mass is 10.1. The van der Waals surface area contributed by atoms with Crippen molar-refractivity contribution in [1.82, 2.24) is 24.6 Å². The first-order valence-corrected chi connectivity index (χ1v) is 13.9. The van der Waals surface area contributed by atoms with Gasteiger partial charge in [-0.25, -0.2) is 13.8 Å². The molecular weight excluding hydrogens is 532 g/mol. The molecule has 2 bridgehead atoms. The van der Waals surface area contributed by atoms with E-state index in [9.17, 15) is 22.0 Å². The molecule has 3 aliphatic rings. The number of nitrogens with one attached hydrogen (secondary N) is 1. The molecule has 1 amide bonds. The summed E-state index contributed by atoms with van der Waals surface area (Å²) < 4.78 is 57.9. The fourth-order valence-corrected chi connectivity index (χ4v) is 5.50. The molecule has 1 aromatic carbocycles. The van der Waals surface area contributed by atoms with Crippen molar-refractivity contribution in [2.75, 3.05) is 23.3 Å². The van der Waals surface area contributed by atoms with Crippen molar-refractivity contribution in [1.29, 1.82) is 0 Å². The Morgan fingerprint density at radius 3 is 2.31 bits per heavy atom. The number of rotatable bonds is 5. The molecule has 6 rings (SSSR count). The quantitative estimate of drug-likeness (QED) is 0.451. The molecule has 2 N–H and O–H groups in total. The first-order valence-electron chi connectivity index (χ1n) is 12.5. The molecule has 1 saturated carbocycles. The van der Waals surface area contributed by atoms with E-state index in [-0.39, 0.29) is 29.3 Å². The molecule has 0 spiro atoms. The molecule has 3 aromatic rings. The summed E-state index contributed by atoms with van der Waals surface area (Å²) in [4.78, 5) is 25.1. The third kappa shape index (κ3) is 6.01. The van der Waals surface area contributed by atoms with Crippen LogP contribution in [0.25, 0.3) is 0 Å². The van der Waals surface area contributed by atoms with Crippen molar-refractivity contribution >= 4 is 33.5 Å². The minimum absolute atomic E-state index is 0.0349. The van der Waals surface area contributed by atoms with Gasteiger partial charge in [-0.15, -0.1) is 0 Å². The fourth-order valence-electron chi connectivity index (χ4n) is 5.02. The van der Waals surface area contributed by atoms with Gasteiger partial charge in [-0.1, -0.05) is 17.7 Å². The number of halogens is 2. The normalized spacial score (nSPS) is 23.2. The van der Waals surface area contributed by atoms with Gasteiger partial charge in [0.2, 0.25) is 11.9 Å². The van der Waals surface area contributed by atoms with E-state index >= 15 is 0 Å². The van der Waals surface area contributed by atoms with E-state index in [0.717, 1.165) is 29.9 Å². The van der Waals surface area contributed by atoms with Crippen LogP contribution >= 0.6 is 0 Å². The Balaban J connectivity index is 0.000000237. The van der Waals surface area contributed by atoms with Crippen LogP contribution in [0.5, 0.6) is 0 Å². The highest BCUT2D eigenvalue weighted by Gasteiger charge is 2.64. The van der Waals surface area contributed by atoms with Crippen molar-refractivity contribution in [2.45, 2.75) is 49.1 Å². The summed E-state index contributed by atoms with van der Waals surface area (Å²) >= 11 is 0. The van der Waals surface area contributed by atoms with Crippen molar-refractivity contribution in [3.63, 3.8) is 0 Å². The molecule has 39 heavy (non-hydrogen) atoms. The summed E-state index contributed by atoms with van der Waals surface area (Å²) in [5.41, 5.74) is 1.75. The smallest absolute Gasteiger partial charge is 0.294 e. The summed E-state index contributed by atoms with van der Waals surface area (Å²) in [5, 5.41) is 7.23. The van der Waals surface area contributed by atoms with Crippen molar-refractivity contribution in [2.24, 2.45) is 13.0 Å². The number of piperazine rings is 1. The summed E-state index contributed by atoms with van der Waals surface area (Å²) in [7, 11) is -2.19. The molecule has 0 radical (unpaired) electrons. The number of benzene rings is 1. The first-order chi connectivity index (χ1) is 18.4. The SMILES string of the molecule is Cc1ccc(S(=O)(=O)O)cc1.Cn1cc(Nc2nccc(N3CC4CCC(C3)N4C(=O)[C@@H]3CC3(F)F)n2)cn1. The number of amides is 1. The summed E-state index contributed by atoms with van der Waals surface area (Å²) in [6.07, 6.45) is 6.59. The number of nitrogens with zero attached hydrogens (tertiary/aromatic N) is 6. The molecule has 208 valence electrons. The van der Waals surface area contributed by atoms with E-state index < -0.39 is 22.0 Å². The Kier molecular flexibility index (Phi) is 7.01. The zero-order chi connectivity index (χ0) is 27.9. The number of hydrogen-bond acceptors (Lipinski definition) is 8. The van der Waals surface area contributed by atoms with Gasteiger partial charge in [-0.3, -0.25) is 14.0 Å². The number of aromatic nitrogens is 4. The van der Waals surface area contributed by atoms with E-state index in [4.69, 9.17) is 4.55 Å². The molecular formula is C25H29F2N7O4S. The number of aryl methyl sites for hydroxylation is 2. The molecule has 2 unspecified atom stereocenters. The molecule has 11 nitrogen and oxygen atoms in total. The van der Waals surface area contributed by atoms with Crippen LogP contribution in [0.15, 0.2) is 53.8 Å². The van der Waals surface area contributed by atoms with Gasteiger partial charge in [-0.05, 0) is 38.0 Å². The predicted octanol–water partition coefficient (Wildman–Crippen LogP) is 3.03. The Morgan fingerprint density at radius 1 is 1.13 bits per heavy atom. The highest BCUT2D eigenvalue weighted by Crippen LogP contribution is 2.51. The van der Waals surface area contributed by atoms with Gasteiger partial charge in [-0.2, -0.15) is 18.5 Å². The van der Waals surface area contributed by atoms with E-state index in [1.807, 2.05) is 26.2 Å². The van der Waals surface area contributed by atoms with Crippen molar-refractivity contribution in [3.05, 3.63) is 54.5 Å². The maximum atomic E-state index is 13.4. The molecule has 4 heterocycles. The third-order valence-electron chi connectivity index (χ3n) is 7.11. The third-order valence-corrected chi connectivity index (χ3v) is 7.97. The summed E-state index contributed by atoms with van der Waals surface area (Å²) in [6, 6.07) is 7.75. The van der Waals surface area contributed by atoms with E-state index in [1.54, 1.807) is 34.1 Å². The fraction of sp³-hybridized carbons (Fsp3) is 0.440. The van der Waals surface area contributed by atoms with Crippen molar-refractivity contribution < 1.29 is 26.5 Å². The number of alkyl halides is 2. The number of fused-ring (bicyclic) bond motifs is 2. The van der Waals surface area contributed by atoms with Crippen LogP contribution in [0.3, 0.4) is 0 Å². The molecule has 2 saturated heterocycles. The van der Waals surface area contributed by atoms with Gasteiger partial charge in [0.05, 0.1) is 16.8 Å². The second kappa shape index (κ2) is 10.2. The number of anilines is 3. The maximum absolute atomic E-state index is 13.4. The van der Waals surface area contributed by atoms with E-state index in [1.165, 1.54) is 12.1 Å². The minimum Gasteiger partial charge on any atom is -0.352 e. The minimum atomic E-state index is -4.02. The van der Waals surface area contributed by atoms with Crippen LogP contribution in [0.2, 0.25) is 0 Å². The first kappa shape index (κ1) is 26.9. The topological polar surface area (TPSA) is 134 Å². The average molecular weight is 562 g/mol. The van der Waals surface area contributed by atoms with E-state index in [0.29, 0.717) is 19.0 Å². The zero-order valence-electron chi connectivity index (χ0n) is 21.4. The largest absolute Gasteiger partial charge is 0.352 e. The average Bonchev–Trinajstić information content (AvgIpc) is 3.18. The zero-order valence-corrected chi connectivity index (χ0v) is 22.2. The predicted molar refractivity (Wildman–Crippen MR) is 138 cm³/mol. The van der Waals surface area contributed by atoms with Gasteiger partial charge in [0.25, 0.3) is 16.0 Å². The standard InChI is InChI=1S/C18H21F2N7O.C7H8O3S/c1-25-8-11(7-22-25)23-17-21-5-4-15(24-17)26-9-12-2-3-13(10-26)27(12)16(28)14-6-18(14,19)20;1-6-2-4-7(5-3-6)11(8,9)10/h4-5,7-8,12-14H,2-3,6,9-10H2,1H3,(H,21,23,24);2-5H,1H3,(H,8,9,10)/t12?,13?,14-;/m0./s1. The molecule has 3 fully saturated rings. The molecule has 2 aromatic heterocycles. The Bertz CT molecular complexity index is 1450. The van der Waals surface area contributed by atoms with Gasteiger partial charge < -0.3 is 15.1 Å². The Labute approximate surface area is 224 Å².